The normalized spacial score (nSPS) is 11.3. The third-order valence-corrected chi connectivity index (χ3v) is 4.55. The molecule has 0 spiro atoms. The molecule has 2 aromatic rings. The summed E-state index contributed by atoms with van der Waals surface area (Å²) < 4.78 is 29.1. The van der Waals surface area contributed by atoms with Gasteiger partial charge in [-0.05, 0) is 17.7 Å². The first-order valence-corrected chi connectivity index (χ1v) is 8.69. The zero-order valence-corrected chi connectivity index (χ0v) is 14.3. The number of benzene rings is 2. The van der Waals surface area contributed by atoms with Crippen LogP contribution in [0.5, 0.6) is 5.75 Å². The Morgan fingerprint density at radius 3 is 2.04 bits per heavy atom. The fraction of sp³-hybridized carbons (Fsp3) is 0.0769. The van der Waals surface area contributed by atoms with E-state index in [1.54, 1.807) is 0 Å². The molecule has 0 atom stereocenters. The molecule has 0 unspecified atom stereocenters. The molecule has 0 fully saturated rings. The van der Waals surface area contributed by atoms with E-state index < -0.39 is 20.8 Å². The molecular weight excluding hydrogens is 389 g/mol. The van der Waals surface area contributed by atoms with E-state index in [-0.39, 0.29) is 26.5 Å². The number of nitrogens with zero attached hydrogens (tertiary/aromatic N) is 1. The molecule has 23 heavy (non-hydrogen) atoms. The number of rotatable bonds is 5. The molecule has 0 bridgehead atoms. The molecule has 0 aromatic heterocycles. The van der Waals surface area contributed by atoms with Crippen molar-refractivity contribution in [2.24, 2.45) is 0 Å². The molecule has 0 saturated heterocycles. The van der Waals surface area contributed by atoms with E-state index in [1.165, 1.54) is 36.4 Å². The summed E-state index contributed by atoms with van der Waals surface area (Å²) in [4.78, 5) is 9.98. The number of halogens is 3. The molecular formula is C13H8Cl3NO5S. The summed E-state index contributed by atoms with van der Waals surface area (Å²) >= 11 is 17.5. The average Bonchev–Trinajstić information content (AvgIpc) is 2.43. The van der Waals surface area contributed by atoms with Crippen LogP contribution in [-0.2, 0) is 15.9 Å². The van der Waals surface area contributed by atoms with Crippen molar-refractivity contribution in [3.05, 3.63) is 67.1 Å². The SMILES string of the molecule is O=[N+]([O-])c1ccc(CS(=O)(=O)Oc2c(Cl)cc(Cl)cc2Cl)cc1. The highest BCUT2D eigenvalue weighted by Gasteiger charge is 2.19. The first kappa shape index (κ1) is 17.8. The second-order valence-corrected chi connectivity index (χ2v) is 7.23. The van der Waals surface area contributed by atoms with Crippen LogP contribution in [0.25, 0.3) is 0 Å². The molecule has 6 nitrogen and oxygen atoms in total. The van der Waals surface area contributed by atoms with Gasteiger partial charge in [0.15, 0.2) is 5.75 Å². The van der Waals surface area contributed by atoms with E-state index in [9.17, 15) is 18.5 Å². The molecule has 0 saturated carbocycles. The highest BCUT2D eigenvalue weighted by Crippen LogP contribution is 2.37. The first-order chi connectivity index (χ1) is 10.7. The van der Waals surface area contributed by atoms with Crippen LogP contribution in [0.3, 0.4) is 0 Å². The van der Waals surface area contributed by atoms with Crippen molar-refractivity contribution in [1.82, 2.24) is 0 Å². The van der Waals surface area contributed by atoms with E-state index in [0.29, 0.717) is 5.56 Å². The topological polar surface area (TPSA) is 86.5 Å². The number of nitro groups is 1. The maximum atomic E-state index is 12.1. The minimum atomic E-state index is -4.06. The Labute approximate surface area is 146 Å². The van der Waals surface area contributed by atoms with Crippen LogP contribution in [0.1, 0.15) is 5.56 Å². The van der Waals surface area contributed by atoms with Crippen LogP contribution < -0.4 is 4.18 Å². The predicted octanol–water partition coefficient (Wildman–Crippen LogP) is 4.46. The summed E-state index contributed by atoms with van der Waals surface area (Å²) in [7, 11) is -4.06. The van der Waals surface area contributed by atoms with Crippen molar-refractivity contribution in [1.29, 1.82) is 0 Å². The summed E-state index contributed by atoms with van der Waals surface area (Å²) in [6.07, 6.45) is 0. The lowest BCUT2D eigenvalue weighted by Crippen LogP contribution is -2.12. The van der Waals surface area contributed by atoms with E-state index >= 15 is 0 Å². The van der Waals surface area contributed by atoms with Gasteiger partial charge in [0.1, 0.15) is 5.75 Å². The predicted molar refractivity (Wildman–Crippen MR) is 87.8 cm³/mol. The summed E-state index contributed by atoms with van der Waals surface area (Å²) in [5, 5.41) is 10.7. The highest BCUT2D eigenvalue weighted by molar-refractivity contribution is 7.86. The standard InChI is InChI=1S/C13H8Cl3NO5S/c14-9-5-11(15)13(12(16)6-9)22-23(20,21)7-8-1-3-10(4-2-8)17(18)19/h1-6H,7H2. The zero-order chi connectivity index (χ0) is 17.2. The van der Waals surface area contributed by atoms with Gasteiger partial charge >= 0.3 is 10.1 Å². The number of nitro benzene ring substituents is 1. The van der Waals surface area contributed by atoms with Crippen molar-refractivity contribution >= 4 is 50.6 Å². The van der Waals surface area contributed by atoms with Crippen molar-refractivity contribution in [2.45, 2.75) is 5.75 Å². The van der Waals surface area contributed by atoms with Crippen LogP contribution in [0.15, 0.2) is 36.4 Å². The zero-order valence-electron chi connectivity index (χ0n) is 11.2. The average molecular weight is 397 g/mol. The molecule has 122 valence electrons. The maximum Gasteiger partial charge on any atom is 0.313 e. The van der Waals surface area contributed by atoms with Gasteiger partial charge in [0.2, 0.25) is 0 Å². The summed E-state index contributed by atoms with van der Waals surface area (Å²) in [5.74, 6) is -0.722. The fourth-order valence-corrected chi connectivity index (χ4v) is 3.76. The van der Waals surface area contributed by atoms with Crippen molar-refractivity contribution in [3.63, 3.8) is 0 Å². The molecule has 0 amide bonds. The van der Waals surface area contributed by atoms with Crippen LogP contribution in [0.2, 0.25) is 15.1 Å². The van der Waals surface area contributed by atoms with Gasteiger partial charge in [-0.25, -0.2) is 0 Å². The maximum absolute atomic E-state index is 12.1. The second-order valence-electron chi connectivity index (χ2n) is 4.41. The minimum Gasteiger partial charge on any atom is -0.379 e. The van der Waals surface area contributed by atoms with Gasteiger partial charge in [-0.2, -0.15) is 8.42 Å². The van der Waals surface area contributed by atoms with Crippen LogP contribution in [0, 0.1) is 10.1 Å². The van der Waals surface area contributed by atoms with Crippen molar-refractivity contribution in [2.75, 3.05) is 0 Å². The quantitative estimate of drug-likeness (QED) is 0.423. The van der Waals surface area contributed by atoms with Crippen molar-refractivity contribution in [3.8, 4) is 5.75 Å². The summed E-state index contributed by atoms with van der Waals surface area (Å²) in [6, 6.07) is 7.64. The Morgan fingerprint density at radius 2 is 1.57 bits per heavy atom. The Balaban J connectivity index is 2.21. The smallest absolute Gasteiger partial charge is 0.313 e. The molecule has 0 N–H and O–H groups in total. The fourth-order valence-electron chi connectivity index (χ4n) is 1.68. The van der Waals surface area contributed by atoms with Gasteiger partial charge in [0.25, 0.3) is 5.69 Å². The molecule has 0 aliphatic heterocycles. The Morgan fingerprint density at radius 1 is 1.04 bits per heavy atom. The Bertz CT molecular complexity index is 829. The third-order valence-electron chi connectivity index (χ3n) is 2.66. The number of non-ortho nitro benzene ring substituents is 1. The van der Waals surface area contributed by atoms with Gasteiger partial charge < -0.3 is 4.18 Å². The molecule has 0 radical (unpaired) electrons. The molecule has 10 heteroatoms. The van der Waals surface area contributed by atoms with E-state index in [1.807, 2.05) is 0 Å². The molecule has 0 aliphatic rings. The van der Waals surface area contributed by atoms with Crippen molar-refractivity contribution < 1.29 is 17.5 Å². The minimum absolute atomic E-state index is 0.0465. The van der Waals surface area contributed by atoms with Gasteiger partial charge in [-0.1, -0.05) is 46.9 Å². The summed E-state index contributed by atoms with van der Waals surface area (Å²) in [5.41, 5.74) is 0.174. The summed E-state index contributed by atoms with van der Waals surface area (Å²) in [6.45, 7) is 0. The lowest BCUT2D eigenvalue weighted by Gasteiger charge is -2.10. The van der Waals surface area contributed by atoms with Gasteiger partial charge in [0, 0.05) is 17.2 Å². The first-order valence-electron chi connectivity index (χ1n) is 5.98. The molecule has 2 rings (SSSR count). The van der Waals surface area contributed by atoms with Gasteiger partial charge in [0.05, 0.1) is 15.0 Å². The second kappa shape index (κ2) is 6.92. The lowest BCUT2D eigenvalue weighted by molar-refractivity contribution is -0.384. The van der Waals surface area contributed by atoms with E-state index in [2.05, 4.69) is 0 Å². The Hall–Kier alpha value is -1.54. The molecule has 0 heterocycles. The van der Waals surface area contributed by atoms with E-state index in [0.717, 1.165) is 0 Å². The van der Waals surface area contributed by atoms with Crippen LogP contribution >= 0.6 is 34.8 Å². The highest BCUT2D eigenvalue weighted by atomic mass is 35.5. The Kier molecular flexibility index (Phi) is 5.36. The van der Waals surface area contributed by atoms with Gasteiger partial charge in [-0.3, -0.25) is 10.1 Å². The molecule has 0 aliphatic carbocycles. The lowest BCUT2D eigenvalue weighted by atomic mass is 10.2. The third kappa shape index (κ3) is 4.71. The van der Waals surface area contributed by atoms with Gasteiger partial charge in [-0.15, -0.1) is 0 Å². The molecule has 2 aromatic carbocycles. The monoisotopic (exact) mass is 395 g/mol. The number of hydrogen-bond donors (Lipinski definition) is 0. The largest absolute Gasteiger partial charge is 0.379 e. The number of hydrogen-bond acceptors (Lipinski definition) is 5. The van der Waals surface area contributed by atoms with E-state index in [4.69, 9.17) is 39.0 Å². The van der Waals surface area contributed by atoms with Crippen LogP contribution in [0.4, 0.5) is 5.69 Å². The van der Waals surface area contributed by atoms with Crippen LogP contribution in [-0.4, -0.2) is 13.3 Å².